The molecule has 0 spiro atoms. The number of aromatic nitrogens is 1. The fourth-order valence-corrected chi connectivity index (χ4v) is 1.50. The molecule has 1 atom stereocenters. The van der Waals surface area contributed by atoms with Crippen LogP contribution in [0.1, 0.15) is 25.5 Å². The quantitative estimate of drug-likeness (QED) is 0.685. The summed E-state index contributed by atoms with van der Waals surface area (Å²) < 4.78 is 0. The second-order valence-electron chi connectivity index (χ2n) is 4.01. The van der Waals surface area contributed by atoms with Crippen molar-refractivity contribution in [2.24, 2.45) is 0 Å². The van der Waals surface area contributed by atoms with Crippen LogP contribution in [0.15, 0.2) is 18.3 Å². The standard InChI is InChI=1S/C12H17N3O3/c1-2-3-10(12(17)18)15-11(16)6-9-5-4-8(13)7-14-9/h4-5,7,10H,2-3,6,13H2,1H3,(H,15,16)(H,17,18)/t10-/m1/s1. The molecule has 1 rings (SSSR count). The van der Waals surface area contributed by atoms with E-state index in [-0.39, 0.29) is 12.3 Å². The van der Waals surface area contributed by atoms with Gasteiger partial charge in [0, 0.05) is 5.69 Å². The van der Waals surface area contributed by atoms with Crippen LogP contribution < -0.4 is 11.1 Å². The zero-order chi connectivity index (χ0) is 13.5. The average molecular weight is 251 g/mol. The number of carboxylic acids is 1. The van der Waals surface area contributed by atoms with Crippen LogP contribution in [0.2, 0.25) is 0 Å². The Hall–Kier alpha value is -2.11. The van der Waals surface area contributed by atoms with E-state index in [9.17, 15) is 9.59 Å². The normalized spacial score (nSPS) is 11.8. The summed E-state index contributed by atoms with van der Waals surface area (Å²) in [5.41, 5.74) is 6.56. The minimum absolute atomic E-state index is 0.0494. The third-order valence-electron chi connectivity index (χ3n) is 2.40. The number of rotatable bonds is 6. The van der Waals surface area contributed by atoms with Crippen LogP contribution in [0.3, 0.4) is 0 Å². The van der Waals surface area contributed by atoms with Crippen molar-refractivity contribution in [3.63, 3.8) is 0 Å². The van der Waals surface area contributed by atoms with E-state index in [0.29, 0.717) is 24.2 Å². The number of hydrogen-bond acceptors (Lipinski definition) is 4. The van der Waals surface area contributed by atoms with Crippen molar-refractivity contribution in [2.75, 3.05) is 5.73 Å². The summed E-state index contributed by atoms with van der Waals surface area (Å²) in [5, 5.41) is 11.4. The second kappa shape index (κ2) is 6.58. The number of nitrogen functional groups attached to an aromatic ring is 1. The highest BCUT2D eigenvalue weighted by Gasteiger charge is 2.18. The summed E-state index contributed by atoms with van der Waals surface area (Å²) in [7, 11) is 0. The SMILES string of the molecule is CCC[C@@H](NC(=O)Cc1ccc(N)cn1)C(=O)O. The molecule has 0 radical (unpaired) electrons. The number of nitrogens with zero attached hydrogens (tertiary/aromatic N) is 1. The van der Waals surface area contributed by atoms with Gasteiger partial charge in [-0.3, -0.25) is 9.78 Å². The van der Waals surface area contributed by atoms with Crippen molar-refractivity contribution in [3.05, 3.63) is 24.0 Å². The topological polar surface area (TPSA) is 105 Å². The fraction of sp³-hybridized carbons (Fsp3) is 0.417. The van der Waals surface area contributed by atoms with Crippen LogP contribution in [-0.2, 0) is 16.0 Å². The van der Waals surface area contributed by atoms with Gasteiger partial charge in [0.25, 0.3) is 0 Å². The lowest BCUT2D eigenvalue weighted by molar-refractivity contribution is -0.141. The zero-order valence-corrected chi connectivity index (χ0v) is 10.2. The molecule has 1 aromatic heterocycles. The lowest BCUT2D eigenvalue weighted by atomic mass is 10.1. The van der Waals surface area contributed by atoms with E-state index in [2.05, 4.69) is 10.3 Å². The van der Waals surface area contributed by atoms with E-state index in [1.165, 1.54) is 6.20 Å². The largest absolute Gasteiger partial charge is 0.480 e. The van der Waals surface area contributed by atoms with Crippen molar-refractivity contribution in [3.8, 4) is 0 Å². The maximum absolute atomic E-state index is 11.6. The Kier molecular flexibility index (Phi) is 5.10. The number of carbonyl (C=O) groups excluding carboxylic acids is 1. The van der Waals surface area contributed by atoms with Gasteiger partial charge in [-0.2, -0.15) is 0 Å². The number of pyridine rings is 1. The number of carbonyl (C=O) groups is 2. The van der Waals surface area contributed by atoms with Crippen LogP contribution in [0.25, 0.3) is 0 Å². The number of carboxylic acid groups (broad SMARTS) is 1. The lowest BCUT2D eigenvalue weighted by Gasteiger charge is -2.13. The van der Waals surface area contributed by atoms with Crippen LogP contribution in [0.5, 0.6) is 0 Å². The summed E-state index contributed by atoms with van der Waals surface area (Å²) in [5.74, 6) is -1.37. The van der Waals surface area contributed by atoms with E-state index in [4.69, 9.17) is 10.8 Å². The first-order chi connectivity index (χ1) is 8.52. The molecule has 0 aliphatic carbocycles. The predicted octanol–water partition coefficient (Wildman–Crippen LogP) is 0.576. The first-order valence-electron chi connectivity index (χ1n) is 5.75. The Morgan fingerprint density at radius 2 is 2.22 bits per heavy atom. The van der Waals surface area contributed by atoms with Crippen molar-refractivity contribution in [1.29, 1.82) is 0 Å². The molecular formula is C12H17N3O3. The molecule has 1 aromatic rings. The van der Waals surface area contributed by atoms with Crippen LogP contribution in [0.4, 0.5) is 5.69 Å². The van der Waals surface area contributed by atoms with Gasteiger partial charge in [-0.1, -0.05) is 13.3 Å². The Bertz CT molecular complexity index is 417. The highest BCUT2D eigenvalue weighted by molar-refractivity contribution is 5.84. The highest BCUT2D eigenvalue weighted by atomic mass is 16.4. The summed E-state index contributed by atoms with van der Waals surface area (Å²) in [4.78, 5) is 26.5. The zero-order valence-electron chi connectivity index (χ0n) is 10.2. The number of nitrogens with two attached hydrogens (primary N) is 1. The van der Waals surface area contributed by atoms with Gasteiger partial charge in [0.05, 0.1) is 18.3 Å². The highest BCUT2D eigenvalue weighted by Crippen LogP contribution is 2.03. The Balaban J connectivity index is 2.54. The van der Waals surface area contributed by atoms with Gasteiger partial charge in [-0.05, 0) is 18.6 Å². The minimum atomic E-state index is -1.02. The number of aliphatic carboxylic acids is 1. The molecule has 98 valence electrons. The molecule has 0 bridgehead atoms. The first kappa shape index (κ1) is 14.0. The molecule has 1 amide bonds. The van der Waals surface area contributed by atoms with E-state index >= 15 is 0 Å². The van der Waals surface area contributed by atoms with Gasteiger partial charge in [0.15, 0.2) is 0 Å². The van der Waals surface area contributed by atoms with Gasteiger partial charge in [-0.15, -0.1) is 0 Å². The second-order valence-corrected chi connectivity index (χ2v) is 4.01. The van der Waals surface area contributed by atoms with Gasteiger partial charge < -0.3 is 16.2 Å². The molecule has 4 N–H and O–H groups in total. The van der Waals surface area contributed by atoms with Crippen LogP contribution in [-0.4, -0.2) is 28.0 Å². The predicted molar refractivity (Wildman–Crippen MR) is 66.8 cm³/mol. The molecule has 0 aliphatic heterocycles. The van der Waals surface area contributed by atoms with Crippen molar-refractivity contribution in [2.45, 2.75) is 32.2 Å². The molecular weight excluding hydrogens is 234 g/mol. The van der Waals surface area contributed by atoms with E-state index < -0.39 is 12.0 Å². The van der Waals surface area contributed by atoms with Gasteiger partial charge in [0.1, 0.15) is 6.04 Å². The summed E-state index contributed by atoms with van der Waals surface area (Å²) in [6.07, 6.45) is 2.62. The smallest absolute Gasteiger partial charge is 0.326 e. The molecule has 6 nitrogen and oxygen atoms in total. The summed E-state index contributed by atoms with van der Waals surface area (Å²) >= 11 is 0. The summed E-state index contributed by atoms with van der Waals surface area (Å²) in [6.45, 7) is 1.86. The molecule has 1 heterocycles. The molecule has 0 saturated heterocycles. The van der Waals surface area contributed by atoms with Crippen LogP contribution in [0, 0.1) is 0 Å². The van der Waals surface area contributed by atoms with Crippen molar-refractivity contribution < 1.29 is 14.7 Å². The molecule has 0 aliphatic rings. The molecule has 6 heteroatoms. The maximum atomic E-state index is 11.6. The fourth-order valence-electron chi connectivity index (χ4n) is 1.50. The van der Waals surface area contributed by atoms with Gasteiger partial charge in [-0.25, -0.2) is 4.79 Å². The summed E-state index contributed by atoms with van der Waals surface area (Å²) in [6, 6.07) is 2.46. The molecule has 0 saturated carbocycles. The molecule has 0 aromatic carbocycles. The Labute approximate surface area is 105 Å². The number of nitrogens with one attached hydrogen (secondary N) is 1. The maximum Gasteiger partial charge on any atom is 0.326 e. The minimum Gasteiger partial charge on any atom is -0.480 e. The Morgan fingerprint density at radius 1 is 1.50 bits per heavy atom. The number of hydrogen-bond donors (Lipinski definition) is 3. The van der Waals surface area contributed by atoms with E-state index in [0.717, 1.165) is 0 Å². The third kappa shape index (κ3) is 4.40. The molecule has 0 fully saturated rings. The van der Waals surface area contributed by atoms with Gasteiger partial charge in [0.2, 0.25) is 5.91 Å². The molecule has 18 heavy (non-hydrogen) atoms. The lowest BCUT2D eigenvalue weighted by Crippen LogP contribution is -2.41. The van der Waals surface area contributed by atoms with Gasteiger partial charge >= 0.3 is 5.97 Å². The monoisotopic (exact) mass is 251 g/mol. The van der Waals surface area contributed by atoms with Crippen molar-refractivity contribution >= 4 is 17.6 Å². The third-order valence-corrected chi connectivity index (χ3v) is 2.40. The first-order valence-corrected chi connectivity index (χ1v) is 5.75. The Morgan fingerprint density at radius 3 is 2.72 bits per heavy atom. The van der Waals surface area contributed by atoms with Crippen LogP contribution >= 0.6 is 0 Å². The van der Waals surface area contributed by atoms with E-state index in [1.54, 1.807) is 12.1 Å². The number of anilines is 1. The average Bonchev–Trinajstić information content (AvgIpc) is 2.31. The molecule has 0 unspecified atom stereocenters. The number of amides is 1. The van der Waals surface area contributed by atoms with E-state index in [1.807, 2.05) is 6.92 Å². The van der Waals surface area contributed by atoms with Crippen molar-refractivity contribution in [1.82, 2.24) is 10.3 Å².